The second-order valence-corrected chi connectivity index (χ2v) is 3.89. The number of hydrogen-bond donors (Lipinski definition) is 3. The van der Waals surface area contributed by atoms with Crippen molar-refractivity contribution in [3.63, 3.8) is 0 Å². The van der Waals surface area contributed by atoms with E-state index >= 15 is 0 Å². The molecule has 0 amide bonds. The first-order valence-corrected chi connectivity index (χ1v) is 5.55. The molecular weight excluding hydrogens is 228 g/mol. The van der Waals surface area contributed by atoms with Crippen LogP contribution >= 0.6 is 0 Å². The van der Waals surface area contributed by atoms with Crippen LogP contribution in [0.5, 0.6) is 5.75 Å². The van der Waals surface area contributed by atoms with Crippen molar-refractivity contribution < 1.29 is 4.74 Å². The van der Waals surface area contributed by atoms with E-state index in [1.807, 2.05) is 30.3 Å². The molecule has 1 atom stereocenters. The Morgan fingerprint density at radius 3 is 2.72 bits per heavy atom. The van der Waals surface area contributed by atoms with Gasteiger partial charge in [0.1, 0.15) is 5.75 Å². The fourth-order valence-electron chi connectivity index (χ4n) is 1.84. The van der Waals surface area contributed by atoms with E-state index in [9.17, 15) is 0 Å². The van der Waals surface area contributed by atoms with Crippen molar-refractivity contribution in [2.24, 2.45) is 5.84 Å². The number of pyridine rings is 1. The van der Waals surface area contributed by atoms with Gasteiger partial charge in [-0.2, -0.15) is 0 Å². The van der Waals surface area contributed by atoms with Crippen LogP contribution in [0, 0.1) is 0 Å². The van der Waals surface area contributed by atoms with Gasteiger partial charge in [0.05, 0.1) is 19.3 Å². The van der Waals surface area contributed by atoms with Crippen LogP contribution in [0.1, 0.15) is 17.2 Å². The minimum absolute atomic E-state index is 0.214. The number of benzene rings is 1. The first-order valence-electron chi connectivity index (χ1n) is 5.55. The molecule has 0 saturated heterocycles. The van der Waals surface area contributed by atoms with Gasteiger partial charge in [-0.1, -0.05) is 18.2 Å². The van der Waals surface area contributed by atoms with Crippen molar-refractivity contribution in [2.45, 2.75) is 6.04 Å². The molecule has 5 nitrogen and oxygen atoms in total. The fourth-order valence-corrected chi connectivity index (χ4v) is 1.84. The molecule has 0 bridgehead atoms. The topological polar surface area (TPSA) is 86.2 Å². The Bertz CT molecular complexity index is 530. The second kappa shape index (κ2) is 5.48. The van der Waals surface area contributed by atoms with Gasteiger partial charge in [0.25, 0.3) is 0 Å². The second-order valence-electron chi connectivity index (χ2n) is 3.89. The molecule has 0 spiro atoms. The Hall–Kier alpha value is -2.11. The van der Waals surface area contributed by atoms with Gasteiger partial charge in [-0.15, -0.1) is 0 Å². The summed E-state index contributed by atoms with van der Waals surface area (Å²) in [4.78, 5) is 4.12. The van der Waals surface area contributed by atoms with Gasteiger partial charge in [-0.3, -0.25) is 10.8 Å². The fraction of sp³-hybridized carbons (Fsp3) is 0.154. The Morgan fingerprint density at radius 2 is 2.06 bits per heavy atom. The molecule has 1 aromatic heterocycles. The number of nitrogen functional groups attached to an aromatic ring is 1. The number of anilines is 1. The molecule has 0 aliphatic carbocycles. The molecule has 18 heavy (non-hydrogen) atoms. The number of rotatable bonds is 4. The zero-order chi connectivity index (χ0) is 13.0. The number of nitrogens with two attached hydrogens (primary N) is 2. The summed E-state index contributed by atoms with van der Waals surface area (Å²) in [5, 5.41) is 0. The Kier molecular flexibility index (Phi) is 3.76. The summed E-state index contributed by atoms with van der Waals surface area (Å²) in [6, 6.07) is 9.24. The van der Waals surface area contributed by atoms with E-state index in [2.05, 4.69) is 10.4 Å². The van der Waals surface area contributed by atoms with Crippen LogP contribution in [0.4, 0.5) is 5.69 Å². The zero-order valence-electron chi connectivity index (χ0n) is 10.1. The molecule has 0 radical (unpaired) electrons. The van der Waals surface area contributed by atoms with Crippen LogP contribution in [0.2, 0.25) is 0 Å². The minimum atomic E-state index is -0.214. The quantitative estimate of drug-likeness (QED) is 0.428. The van der Waals surface area contributed by atoms with Crippen molar-refractivity contribution in [3.8, 4) is 5.75 Å². The summed E-state index contributed by atoms with van der Waals surface area (Å²) in [5.74, 6) is 6.31. The summed E-state index contributed by atoms with van der Waals surface area (Å²) in [7, 11) is 1.60. The molecule has 94 valence electrons. The number of nitrogens with zero attached hydrogens (tertiary/aromatic N) is 1. The standard InChI is InChI=1S/C13H16N4O/c1-18-10-6-9(7-16-8-10)13(17-15)11-4-2-3-5-12(11)14/h2-8,13,17H,14-15H2,1H3. The molecule has 1 heterocycles. The highest BCUT2D eigenvalue weighted by Gasteiger charge is 2.15. The van der Waals surface area contributed by atoms with E-state index in [1.54, 1.807) is 19.5 Å². The van der Waals surface area contributed by atoms with Gasteiger partial charge in [-0.25, -0.2) is 5.43 Å². The highest BCUT2D eigenvalue weighted by atomic mass is 16.5. The number of methoxy groups -OCH3 is 1. The summed E-state index contributed by atoms with van der Waals surface area (Å²) >= 11 is 0. The van der Waals surface area contributed by atoms with E-state index in [0.29, 0.717) is 11.4 Å². The van der Waals surface area contributed by atoms with E-state index in [1.165, 1.54) is 0 Å². The first-order chi connectivity index (χ1) is 8.76. The van der Waals surface area contributed by atoms with Crippen LogP contribution in [-0.2, 0) is 0 Å². The van der Waals surface area contributed by atoms with Gasteiger partial charge in [-0.05, 0) is 23.3 Å². The van der Waals surface area contributed by atoms with E-state index in [4.69, 9.17) is 16.3 Å². The Morgan fingerprint density at radius 1 is 1.28 bits per heavy atom. The van der Waals surface area contributed by atoms with Gasteiger partial charge in [0.2, 0.25) is 0 Å². The lowest BCUT2D eigenvalue weighted by Crippen LogP contribution is -2.29. The smallest absolute Gasteiger partial charge is 0.137 e. The van der Waals surface area contributed by atoms with Gasteiger partial charge in [0, 0.05) is 11.9 Å². The van der Waals surface area contributed by atoms with Crippen LogP contribution in [0.3, 0.4) is 0 Å². The number of ether oxygens (including phenoxy) is 1. The molecule has 0 aliphatic rings. The monoisotopic (exact) mass is 244 g/mol. The first kappa shape index (κ1) is 12.3. The number of nitrogens with one attached hydrogen (secondary N) is 1. The van der Waals surface area contributed by atoms with Crippen molar-refractivity contribution in [2.75, 3.05) is 12.8 Å². The van der Waals surface area contributed by atoms with Crippen molar-refractivity contribution in [3.05, 3.63) is 53.9 Å². The molecule has 1 unspecified atom stereocenters. The average Bonchev–Trinajstić information content (AvgIpc) is 2.42. The largest absolute Gasteiger partial charge is 0.495 e. The molecule has 1 aromatic carbocycles. The maximum Gasteiger partial charge on any atom is 0.137 e. The maximum atomic E-state index is 5.96. The summed E-state index contributed by atoms with van der Waals surface area (Å²) in [5.41, 5.74) is 11.2. The number of para-hydroxylation sites is 1. The predicted octanol–water partition coefficient (Wildman–Crippen LogP) is 1.23. The summed E-state index contributed by atoms with van der Waals surface area (Å²) in [6.07, 6.45) is 3.38. The molecule has 2 aromatic rings. The van der Waals surface area contributed by atoms with Crippen LogP contribution in [0.15, 0.2) is 42.7 Å². The Balaban J connectivity index is 2.42. The van der Waals surface area contributed by atoms with Gasteiger partial charge in [0.15, 0.2) is 0 Å². The number of hydrogen-bond acceptors (Lipinski definition) is 5. The van der Waals surface area contributed by atoms with Gasteiger partial charge < -0.3 is 10.5 Å². The molecule has 5 N–H and O–H groups in total. The summed E-state index contributed by atoms with van der Waals surface area (Å²) < 4.78 is 5.15. The molecule has 0 aliphatic heterocycles. The minimum Gasteiger partial charge on any atom is -0.495 e. The molecule has 2 rings (SSSR count). The number of aromatic nitrogens is 1. The lowest BCUT2D eigenvalue weighted by Gasteiger charge is -2.18. The molecule has 0 fully saturated rings. The van der Waals surface area contributed by atoms with Crippen molar-refractivity contribution in [1.29, 1.82) is 0 Å². The third-order valence-corrected chi connectivity index (χ3v) is 2.78. The third-order valence-electron chi connectivity index (χ3n) is 2.78. The van der Waals surface area contributed by atoms with E-state index in [0.717, 1.165) is 11.1 Å². The third kappa shape index (κ3) is 2.42. The van der Waals surface area contributed by atoms with E-state index in [-0.39, 0.29) is 6.04 Å². The van der Waals surface area contributed by atoms with Crippen LogP contribution in [-0.4, -0.2) is 12.1 Å². The van der Waals surface area contributed by atoms with Crippen LogP contribution < -0.4 is 21.7 Å². The lowest BCUT2D eigenvalue weighted by molar-refractivity contribution is 0.411. The average molecular weight is 244 g/mol. The SMILES string of the molecule is COc1cncc(C(NN)c2ccccc2N)c1. The molecule has 0 saturated carbocycles. The highest BCUT2D eigenvalue weighted by molar-refractivity contribution is 5.51. The predicted molar refractivity (Wildman–Crippen MR) is 70.8 cm³/mol. The van der Waals surface area contributed by atoms with Crippen molar-refractivity contribution >= 4 is 5.69 Å². The van der Waals surface area contributed by atoms with E-state index < -0.39 is 0 Å². The summed E-state index contributed by atoms with van der Waals surface area (Å²) in [6.45, 7) is 0. The van der Waals surface area contributed by atoms with Crippen LogP contribution in [0.25, 0.3) is 0 Å². The zero-order valence-corrected chi connectivity index (χ0v) is 10.1. The normalized spacial score (nSPS) is 12.1. The lowest BCUT2D eigenvalue weighted by atomic mass is 9.99. The number of hydrazine groups is 1. The maximum absolute atomic E-state index is 5.96. The molecule has 5 heteroatoms. The van der Waals surface area contributed by atoms with Gasteiger partial charge >= 0.3 is 0 Å². The molecular formula is C13H16N4O. The van der Waals surface area contributed by atoms with Crippen molar-refractivity contribution in [1.82, 2.24) is 10.4 Å². The Labute approximate surface area is 106 Å². The highest BCUT2D eigenvalue weighted by Crippen LogP contribution is 2.27.